The molecule has 0 saturated carbocycles. The van der Waals surface area contributed by atoms with Gasteiger partial charge in [0.2, 0.25) is 5.95 Å². The molecular weight excluding hydrogens is 223 g/mol. The van der Waals surface area contributed by atoms with E-state index in [4.69, 9.17) is 5.73 Å². The minimum absolute atomic E-state index is 0.0253. The quantitative estimate of drug-likeness (QED) is 0.799. The van der Waals surface area contributed by atoms with Gasteiger partial charge in [-0.25, -0.2) is 9.97 Å². The predicted octanol–water partition coefficient (Wildman–Crippen LogP) is 1.26. The van der Waals surface area contributed by atoms with Crippen LogP contribution in [0.3, 0.4) is 0 Å². The molecule has 0 amide bonds. The Kier molecular flexibility index (Phi) is 2.26. The maximum Gasteiger partial charge on any atom is 0.433 e. The van der Waals surface area contributed by atoms with Crippen molar-refractivity contribution >= 4 is 5.95 Å². The summed E-state index contributed by atoms with van der Waals surface area (Å²) in [4.78, 5) is 10.5. The molecule has 0 radical (unpaired) electrons. The van der Waals surface area contributed by atoms with Crippen LogP contribution in [0.2, 0.25) is 0 Å². The maximum atomic E-state index is 12.4. The standard InChI is InChI=1S/C8H6F3N5/c9-8(10,11)5-3-6(15-7(12)14-5)16-2-1-13-4-16/h1-4H,(H2,12,14,15). The molecular formula is C8H6F3N5. The normalized spacial score (nSPS) is 11.7. The van der Waals surface area contributed by atoms with Gasteiger partial charge in [0, 0.05) is 18.5 Å². The molecule has 0 fully saturated rings. The molecule has 2 aromatic heterocycles. The molecule has 0 bridgehead atoms. The lowest BCUT2D eigenvalue weighted by Crippen LogP contribution is -2.12. The van der Waals surface area contributed by atoms with Crippen LogP contribution >= 0.6 is 0 Å². The zero-order valence-electron chi connectivity index (χ0n) is 7.81. The van der Waals surface area contributed by atoms with Gasteiger partial charge in [0.15, 0.2) is 5.69 Å². The minimum Gasteiger partial charge on any atom is -0.368 e. The Morgan fingerprint density at radius 2 is 2.00 bits per heavy atom. The highest BCUT2D eigenvalue weighted by Gasteiger charge is 2.33. The minimum atomic E-state index is -4.55. The van der Waals surface area contributed by atoms with Crippen LogP contribution in [0.4, 0.5) is 19.1 Å². The molecule has 2 rings (SSSR count). The van der Waals surface area contributed by atoms with Crippen molar-refractivity contribution in [3.63, 3.8) is 0 Å². The number of hydrogen-bond acceptors (Lipinski definition) is 4. The smallest absolute Gasteiger partial charge is 0.368 e. The molecule has 0 atom stereocenters. The van der Waals surface area contributed by atoms with Gasteiger partial charge >= 0.3 is 6.18 Å². The molecule has 0 aliphatic carbocycles. The van der Waals surface area contributed by atoms with Crippen LogP contribution in [0, 0.1) is 0 Å². The lowest BCUT2D eigenvalue weighted by molar-refractivity contribution is -0.141. The third kappa shape index (κ3) is 1.95. The van der Waals surface area contributed by atoms with E-state index in [0.717, 1.165) is 6.07 Å². The number of hydrogen-bond donors (Lipinski definition) is 1. The fraction of sp³-hybridized carbons (Fsp3) is 0.125. The van der Waals surface area contributed by atoms with E-state index >= 15 is 0 Å². The van der Waals surface area contributed by atoms with Gasteiger partial charge in [-0.2, -0.15) is 18.2 Å². The second kappa shape index (κ2) is 3.47. The topological polar surface area (TPSA) is 69.6 Å². The Morgan fingerprint density at radius 1 is 1.25 bits per heavy atom. The number of halogens is 3. The highest BCUT2D eigenvalue weighted by molar-refractivity contribution is 5.32. The third-order valence-corrected chi connectivity index (χ3v) is 1.79. The maximum absolute atomic E-state index is 12.4. The highest BCUT2D eigenvalue weighted by Crippen LogP contribution is 2.28. The molecule has 0 unspecified atom stereocenters. The second-order valence-electron chi connectivity index (χ2n) is 2.94. The van der Waals surface area contributed by atoms with E-state index in [9.17, 15) is 13.2 Å². The fourth-order valence-electron chi connectivity index (χ4n) is 1.12. The van der Waals surface area contributed by atoms with Crippen molar-refractivity contribution in [1.82, 2.24) is 19.5 Å². The summed E-state index contributed by atoms with van der Waals surface area (Å²) in [6.07, 6.45) is -0.345. The van der Waals surface area contributed by atoms with Crippen molar-refractivity contribution in [2.45, 2.75) is 6.18 Å². The number of nitrogens with zero attached hydrogens (tertiary/aromatic N) is 4. The van der Waals surface area contributed by atoms with Crippen molar-refractivity contribution < 1.29 is 13.2 Å². The summed E-state index contributed by atoms with van der Waals surface area (Å²) in [6.45, 7) is 0. The Morgan fingerprint density at radius 3 is 2.56 bits per heavy atom. The Balaban J connectivity index is 2.53. The van der Waals surface area contributed by atoms with E-state index in [1.165, 1.54) is 23.3 Å². The molecule has 8 heteroatoms. The summed E-state index contributed by atoms with van der Waals surface area (Å²) >= 11 is 0. The molecule has 2 heterocycles. The molecule has 2 aromatic rings. The number of alkyl halides is 3. The average Bonchev–Trinajstić information content (AvgIpc) is 2.68. The van der Waals surface area contributed by atoms with Crippen LogP contribution in [0.5, 0.6) is 0 Å². The number of aromatic nitrogens is 4. The molecule has 5 nitrogen and oxygen atoms in total. The molecule has 0 saturated heterocycles. The number of anilines is 1. The van der Waals surface area contributed by atoms with Gasteiger partial charge < -0.3 is 5.73 Å². The lowest BCUT2D eigenvalue weighted by atomic mass is 10.4. The van der Waals surface area contributed by atoms with E-state index in [1.54, 1.807) is 0 Å². The van der Waals surface area contributed by atoms with Crippen molar-refractivity contribution in [1.29, 1.82) is 0 Å². The van der Waals surface area contributed by atoms with Gasteiger partial charge in [-0.05, 0) is 0 Å². The molecule has 0 aromatic carbocycles. The highest BCUT2D eigenvalue weighted by atomic mass is 19.4. The van der Waals surface area contributed by atoms with Gasteiger partial charge in [0.25, 0.3) is 0 Å². The third-order valence-electron chi connectivity index (χ3n) is 1.79. The van der Waals surface area contributed by atoms with E-state index in [-0.39, 0.29) is 5.82 Å². The van der Waals surface area contributed by atoms with Gasteiger partial charge in [0.1, 0.15) is 12.1 Å². The molecule has 84 valence electrons. The number of nitrogen functional groups attached to an aromatic ring is 1. The SMILES string of the molecule is Nc1nc(-n2ccnc2)cc(C(F)(F)F)n1. The number of imidazole rings is 1. The van der Waals surface area contributed by atoms with Crippen molar-refractivity contribution in [2.75, 3.05) is 5.73 Å². The van der Waals surface area contributed by atoms with Crippen LogP contribution in [0.15, 0.2) is 24.8 Å². The zero-order chi connectivity index (χ0) is 11.8. The lowest BCUT2D eigenvalue weighted by Gasteiger charge is -2.08. The molecule has 0 aliphatic heterocycles. The first-order valence-corrected chi connectivity index (χ1v) is 4.17. The molecule has 0 spiro atoms. The molecule has 2 N–H and O–H groups in total. The summed E-state index contributed by atoms with van der Waals surface area (Å²) in [6, 6.07) is 0.804. The zero-order valence-corrected chi connectivity index (χ0v) is 7.81. The number of rotatable bonds is 1. The van der Waals surface area contributed by atoms with E-state index in [2.05, 4.69) is 15.0 Å². The molecule has 0 aliphatic rings. The summed E-state index contributed by atoms with van der Waals surface area (Å²) < 4.78 is 38.6. The monoisotopic (exact) mass is 229 g/mol. The first-order chi connectivity index (χ1) is 7.47. The van der Waals surface area contributed by atoms with E-state index in [0.29, 0.717) is 0 Å². The van der Waals surface area contributed by atoms with Crippen LogP contribution < -0.4 is 5.73 Å². The van der Waals surface area contributed by atoms with E-state index < -0.39 is 17.8 Å². The first kappa shape index (κ1) is 10.4. The van der Waals surface area contributed by atoms with Crippen molar-refractivity contribution in [3.8, 4) is 5.82 Å². The fourth-order valence-corrected chi connectivity index (χ4v) is 1.12. The van der Waals surface area contributed by atoms with Crippen LogP contribution in [0.25, 0.3) is 5.82 Å². The Bertz CT molecular complexity index is 491. The predicted molar refractivity (Wildman–Crippen MR) is 48.6 cm³/mol. The van der Waals surface area contributed by atoms with Crippen molar-refractivity contribution in [3.05, 3.63) is 30.5 Å². The van der Waals surface area contributed by atoms with Crippen LogP contribution in [-0.4, -0.2) is 19.5 Å². The van der Waals surface area contributed by atoms with Crippen LogP contribution in [-0.2, 0) is 6.18 Å². The largest absolute Gasteiger partial charge is 0.433 e. The Hall–Kier alpha value is -2.12. The van der Waals surface area contributed by atoms with Crippen molar-refractivity contribution in [2.24, 2.45) is 0 Å². The van der Waals surface area contributed by atoms with Gasteiger partial charge in [-0.3, -0.25) is 4.57 Å². The molecule has 16 heavy (non-hydrogen) atoms. The van der Waals surface area contributed by atoms with Gasteiger partial charge in [0.05, 0.1) is 0 Å². The Labute approximate surface area is 87.8 Å². The summed E-state index contributed by atoms with van der Waals surface area (Å²) in [7, 11) is 0. The van der Waals surface area contributed by atoms with Gasteiger partial charge in [-0.1, -0.05) is 0 Å². The first-order valence-electron chi connectivity index (χ1n) is 4.17. The average molecular weight is 229 g/mol. The van der Waals surface area contributed by atoms with Gasteiger partial charge in [-0.15, -0.1) is 0 Å². The summed E-state index contributed by atoms with van der Waals surface area (Å²) in [5, 5.41) is 0. The summed E-state index contributed by atoms with van der Waals surface area (Å²) in [5.74, 6) is -0.407. The number of nitrogens with two attached hydrogens (primary N) is 1. The summed E-state index contributed by atoms with van der Waals surface area (Å²) in [5.41, 5.74) is 4.13. The van der Waals surface area contributed by atoms with Crippen LogP contribution in [0.1, 0.15) is 5.69 Å². The van der Waals surface area contributed by atoms with E-state index in [1.807, 2.05) is 0 Å². The second-order valence-corrected chi connectivity index (χ2v) is 2.94.